The largest absolute Gasteiger partial charge is 0.374 e. The number of nitrogens with one attached hydrogen (secondary N) is 1. The summed E-state index contributed by atoms with van der Waals surface area (Å²) in [5.41, 5.74) is 2.73. The zero-order valence-electron chi connectivity index (χ0n) is 11.0. The third-order valence-electron chi connectivity index (χ3n) is 2.66. The van der Waals surface area contributed by atoms with Crippen molar-refractivity contribution in [1.82, 2.24) is 5.32 Å². The van der Waals surface area contributed by atoms with E-state index in [1.54, 1.807) is 0 Å². The first kappa shape index (κ1) is 13.0. The average molecular weight is 220 g/mol. The molecule has 0 atom stereocenters. The standard InChI is InChI=1S/C14H24N2/c1-5-10-16(4)14-9-7-6-8-13(14)11-15-12(2)3/h6-9,12,15H,5,10-11H2,1-4H3. The quantitative estimate of drug-likeness (QED) is 0.792. The number of anilines is 1. The van der Waals surface area contributed by atoms with Crippen LogP contribution in [-0.2, 0) is 6.54 Å². The summed E-state index contributed by atoms with van der Waals surface area (Å²) in [4.78, 5) is 2.33. The first-order chi connectivity index (χ1) is 7.65. The van der Waals surface area contributed by atoms with Crippen LogP contribution in [0, 0.1) is 0 Å². The predicted octanol–water partition coefficient (Wildman–Crippen LogP) is 3.03. The van der Waals surface area contributed by atoms with Crippen LogP contribution in [0.3, 0.4) is 0 Å². The summed E-state index contributed by atoms with van der Waals surface area (Å²) in [6, 6.07) is 9.16. The lowest BCUT2D eigenvalue weighted by molar-refractivity contribution is 0.588. The summed E-state index contributed by atoms with van der Waals surface area (Å²) in [5.74, 6) is 0. The zero-order valence-corrected chi connectivity index (χ0v) is 11.0. The van der Waals surface area contributed by atoms with Crippen LogP contribution in [0.25, 0.3) is 0 Å². The Morgan fingerprint density at radius 3 is 2.56 bits per heavy atom. The second kappa shape index (κ2) is 6.54. The maximum Gasteiger partial charge on any atom is 0.0409 e. The van der Waals surface area contributed by atoms with Gasteiger partial charge in [-0.1, -0.05) is 39.0 Å². The van der Waals surface area contributed by atoms with Crippen molar-refractivity contribution in [1.29, 1.82) is 0 Å². The third-order valence-corrected chi connectivity index (χ3v) is 2.66. The fraction of sp³-hybridized carbons (Fsp3) is 0.571. The van der Waals surface area contributed by atoms with Crippen molar-refractivity contribution in [2.24, 2.45) is 0 Å². The topological polar surface area (TPSA) is 15.3 Å². The summed E-state index contributed by atoms with van der Waals surface area (Å²) in [7, 11) is 2.16. The minimum atomic E-state index is 0.532. The molecule has 0 spiro atoms. The van der Waals surface area contributed by atoms with E-state index in [9.17, 15) is 0 Å². The second-order valence-electron chi connectivity index (χ2n) is 4.59. The minimum absolute atomic E-state index is 0.532. The van der Waals surface area contributed by atoms with E-state index < -0.39 is 0 Å². The molecule has 0 fully saturated rings. The van der Waals surface area contributed by atoms with Gasteiger partial charge in [-0.15, -0.1) is 0 Å². The Bertz CT molecular complexity index is 307. The Kier molecular flexibility index (Phi) is 5.33. The van der Waals surface area contributed by atoms with Gasteiger partial charge in [-0.3, -0.25) is 0 Å². The number of benzene rings is 1. The molecule has 0 saturated heterocycles. The van der Waals surface area contributed by atoms with Crippen molar-refractivity contribution in [3.05, 3.63) is 29.8 Å². The molecule has 1 aromatic carbocycles. The van der Waals surface area contributed by atoms with Crippen LogP contribution in [0.15, 0.2) is 24.3 Å². The first-order valence-corrected chi connectivity index (χ1v) is 6.17. The van der Waals surface area contributed by atoms with Crippen LogP contribution in [-0.4, -0.2) is 19.6 Å². The number of para-hydroxylation sites is 1. The van der Waals surface area contributed by atoms with Crippen LogP contribution in [0.1, 0.15) is 32.8 Å². The van der Waals surface area contributed by atoms with Gasteiger partial charge in [0.25, 0.3) is 0 Å². The summed E-state index contributed by atoms with van der Waals surface area (Å²) in [6.45, 7) is 8.63. The van der Waals surface area contributed by atoms with E-state index in [0.717, 1.165) is 13.1 Å². The van der Waals surface area contributed by atoms with Gasteiger partial charge in [0, 0.05) is 31.9 Å². The molecule has 0 aliphatic heterocycles. The molecule has 0 bridgehead atoms. The van der Waals surface area contributed by atoms with Crippen molar-refractivity contribution >= 4 is 5.69 Å². The Labute approximate surface area is 99.7 Å². The fourth-order valence-electron chi connectivity index (χ4n) is 1.80. The number of nitrogens with zero attached hydrogens (tertiary/aromatic N) is 1. The van der Waals surface area contributed by atoms with Gasteiger partial charge in [0.05, 0.1) is 0 Å². The van der Waals surface area contributed by atoms with Gasteiger partial charge in [0.2, 0.25) is 0 Å². The SMILES string of the molecule is CCCN(C)c1ccccc1CNC(C)C. The Morgan fingerprint density at radius 2 is 1.94 bits per heavy atom. The van der Waals surface area contributed by atoms with E-state index >= 15 is 0 Å². The molecule has 1 aromatic rings. The monoisotopic (exact) mass is 220 g/mol. The van der Waals surface area contributed by atoms with Crippen molar-refractivity contribution < 1.29 is 0 Å². The molecule has 90 valence electrons. The molecule has 2 nitrogen and oxygen atoms in total. The summed E-state index contributed by atoms with van der Waals surface area (Å²) in [6.07, 6.45) is 1.18. The molecular formula is C14H24N2. The molecule has 1 rings (SSSR count). The normalized spacial score (nSPS) is 10.8. The van der Waals surface area contributed by atoms with Crippen molar-refractivity contribution in [3.63, 3.8) is 0 Å². The van der Waals surface area contributed by atoms with Gasteiger partial charge >= 0.3 is 0 Å². The highest BCUT2D eigenvalue weighted by atomic mass is 15.1. The molecule has 2 heteroatoms. The molecular weight excluding hydrogens is 196 g/mol. The molecule has 0 aliphatic rings. The molecule has 16 heavy (non-hydrogen) atoms. The van der Waals surface area contributed by atoms with Gasteiger partial charge in [-0.2, -0.15) is 0 Å². The van der Waals surface area contributed by atoms with Gasteiger partial charge in [0.1, 0.15) is 0 Å². The second-order valence-corrected chi connectivity index (χ2v) is 4.59. The summed E-state index contributed by atoms with van der Waals surface area (Å²) < 4.78 is 0. The molecule has 0 unspecified atom stereocenters. The van der Waals surface area contributed by atoms with Crippen molar-refractivity contribution in [3.8, 4) is 0 Å². The summed E-state index contributed by atoms with van der Waals surface area (Å²) >= 11 is 0. The van der Waals surface area contributed by atoms with E-state index in [-0.39, 0.29) is 0 Å². The van der Waals surface area contributed by atoms with Gasteiger partial charge in [0.15, 0.2) is 0 Å². The maximum absolute atomic E-state index is 3.47. The molecule has 0 heterocycles. The first-order valence-electron chi connectivity index (χ1n) is 6.17. The molecule has 0 aromatic heterocycles. The van der Waals surface area contributed by atoms with Crippen LogP contribution < -0.4 is 10.2 Å². The van der Waals surface area contributed by atoms with E-state index in [1.165, 1.54) is 17.7 Å². The van der Waals surface area contributed by atoms with E-state index in [0.29, 0.717) is 6.04 Å². The molecule has 0 radical (unpaired) electrons. The summed E-state index contributed by atoms with van der Waals surface area (Å²) in [5, 5.41) is 3.47. The molecule has 0 saturated carbocycles. The van der Waals surface area contributed by atoms with Gasteiger partial charge in [-0.25, -0.2) is 0 Å². The van der Waals surface area contributed by atoms with Crippen LogP contribution >= 0.6 is 0 Å². The van der Waals surface area contributed by atoms with E-state index in [1.807, 2.05) is 0 Å². The Balaban J connectivity index is 2.74. The number of rotatable bonds is 6. The average Bonchev–Trinajstić information content (AvgIpc) is 2.27. The minimum Gasteiger partial charge on any atom is -0.374 e. The highest BCUT2D eigenvalue weighted by Crippen LogP contribution is 2.19. The van der Waals surface area contributed by atoms with Crippen LogP contribution in [0.2, 0.25) is 0 Å². The molecule has 0 aliphatic carbocycles. The van der Waals surface area contributed by atoms with E-state index in [4.69, 9.17) is 0 Å². The highest BCUT2D eigenvalue weighted by Gasteiger charge is 2.05. The van der Waals surface area contributed by atoms with Gasteiger partial charge in [-0.05, 0) is 18.1 Å². The number of hydrogen-bond donors (Lipinski definition) is 1. The van der Waals surface area contributed by atoms with Crippen molar-refractivity contribution in [2.45, 2.75) is 39.8 Å². The lowest BCUT2D eigenvalue weighted by Gasteiger charge is -2.22. The molecule has 0 amide bonds. The fourth-order valence-corrected chi connectivity index (χ4v) is 1.80. The third kappa shape index (κ3) is 3.86. The van der Waals surface area contributed by atoms with Crippen LogP contribution in [0.5, 0.6) is 0 Å². The Hall–Kier alpha value is -1.02. The lowest BCUT2D eigenvalue weighted by Crippen LogP contribution is -2.25. The van der Waals surface area contributed by atoms with E-state index in [2.05, 4.69) is 62.3 Å². The zero-order chi connectivity index (χ0) is 12.0. The predicted molar refractivity (Wildman–Crippen MR) is 72.0 cm³/mol. The smallest absolute Gasteiger partial charge is 0.0409 e. The molecule has 1 N–H and O–H groups in total. The lowest BCUT2D eigenvalue weighted by atomic mass is 10.1. The van der Waals surface area contributed by atoms with Gasteiger partial charge < -0.3 is 10.2 Å². The van der Waals surface area contributed by atoms with Crippen molar-refractivity contribution in [2.75, 3.05) is 18.5 Å². The Morgan fingerprint density at radius 1 is 1.25 bits per heavy atom. The maximum atomic E-state index is 3.47. The number of hydrogen-bond acceptors (Lipinski definition) is 2. The van der Waals surface area contributed by atoms with Crippen LogP contribution in [0.4, 0.5) is 5.69 Å². The highest BCUT2D eigenvalue weighted by molar-refractivity contribution is 5.52.